The third-order valence-corrected chi connectivity index (χ3v) is 6.71. The van der Waals surface area contributed by atoms with Crippen LogP contribution in [0.15, 0.2) is 42.5 Å². The van der Waals surface area contributed by atoms with Crippen LogP contribution in [0.1, 0.15) is 37.6 Å². The van der Waals surface area contributed by atoms with E-state index in [4.69, 9.17) is 0 Å². The fourth-order valence-corrected chi connectivity index (χ4v) is 5.16. The van der Waals surface area contributed by atoms with E-state index in [-0.39, 0.29) is 17.9 Å². The number of piperazine rings is 1. The third kappa shape index (κ3) is 4.22. The molecular formula is C25H33N3O2. The molecule has 0 aliphatic carbocycles. The van der Waals surface area contributed by atoms with E-state index in [0.717, 1.165) is 42.5 Å². The number of hydrogen-bond acceptors (Lipinski definition) is 3. The van der Waals surface area contributed by atoms with Gasteiger partial charge in [-0.1, -0.05) is 50.2 Å². The highest BCUT2D eigenvalue weighted by Crippen LogP contribution is 2.23. The molecule has 2 aromatic carbocycles. The maximum absolute atomic E-state index is 13.2. The summed E-state index contributed by atoms with van der Waals surface area (Å²) in [6.07, 6.45) is 1.20. The molecule has 0 N–H and O–H groups in total. The topological polar surface area (TPSA) is 43.9 Å². The summed E-state index contributed by atoms with van der Waals surface area (Å²) in [5, 5.41) is 2.09. The first kappa shape index (κ1) is 20.9. The second-order valence-corrected chi connectivity index (χ2v) is 9.22. The van der Waals surface area contributed by atoms with Crippen molar-refractivity contribution in [3.05, 3.63) is 48.0 Å². The summed E-state index contributed by atoms with van der Waals surface area (Å²) >= 11 is 0. The normalized spacial score (nSPS) is 24.1. The average molecular weight is 408 g/mol. The van der Waals surface area contributed by atoms with Gasteiger partial charge in [0.25, 0.3) is 5.91 Å². The highest BCUT2D eigenvalue weighted by atomic mass is 16.2. The minimum atomic E-state index is -0.127. The maximum atomic E-state index is 13.2. The largest absolute Gasteiger partial charge is 0.341 e. The molecule has 4 rings (SSSR count). The second kappa shape index (κ2) is 8.76. The van der Waals surface area contributed by atoms with Crippen molar-refractivity contribution in [2.45, 2.75) is 33.2 Å². The summed E-state index contributed by atoms with van der Waals surface area (Å²) in [6.45, 7) is 11.0. The van der Waals surface area contributed by atoms with Gasteiger partial charge in [0.05, 0.1) is 6.04 Å². The van der Waals surface area contributed by atoms with Crippen molar-refractivity contribution in [1.29, 1.82) is 0 Å². The number of hydrogen-bond donors (Lipinski definition) is 0. The molecule has 2 amide bonds. The number of benzene rings is 2. The molecule has 2 heterocycles. The molecule has 0 aromatic heterocycles. The molecule has 2 aliphatic rings. The Balaban J connectivity index is 1.38. The lowest BCUT2D eigenvalue weighted by molar-refractivity contribution is -0.139. The van der Waals surface area contributed by atoms with Crippen LogP contribution in [-0.4, -0.2) is 71.8 Å². The molecule has 0 spiro atoms. The Morgan fingerprint density at radius 2 is 1.50 bits per heavy atom. The number of piperidine rings is 1. The Morgan fingerprint density at radius 1 is 0.867 bits per heavy atom. The van der Waals surface area contributed by atoms with Crippen LogP contribution in [-0.2, 0) is 4.79 Å². The van der Waals surface area contributed by atoms with E-state index >= 15 is 0 Å². The Morgan fingerprint density at radius 3 is 2.20 bits per heavy atom. The van der Waals surface area contributed by atoms with E-state index in [1.165, 1.54) is 6.42 Å². The van der Waals surface area contributed by atoms with Crippen molar-refractivity contribution in [3.8, 4) is 0 Å². The summed E-state index contributed by atoms with van der Waals surface area (Å²) in [7, 11) is 0. The zero-order valence-corrected chi connectivity index (χ0v) is 18.4. The van der Waals surface area contributed by atoms with Crippen molar-refractivity contribution in [2.75, 3.05) is 39.3 Å². The molecule has 0 radical (unpaired) electrons. The van der Waals surface area contributed by atoms with Crippen LogP contribution in [0.4, 0.5) is 0 Å². The maximum Gasteiger partial charge on any atom is 0.254 e. The van der Waals surface area contributed by atoms with Gasteiger partial charge in [-0.15, -0.1) is 0 Å². The van der Waals surface area contributed by atoms with Crippen molar-refractivity contribution in [3.63, 3.8) is 0 Å². The predicted molar refractivity (Wildman–Crippen MR) is 120 cm³/mol. The van der Waals surface area contributed by atoms with Crippen LogP contribution in [0.2, 0.25) is 0 Å². The van der Waals surface area contributed by atoms with E-state index in [2.05, 4.69) is 23.6 Å². The fraction of sp³-hybridized carbons (Fsp3) is 0.520. The zero-order valence-electron chi connectivity index (χ0n) is 18.4. The van der Waals surface area contributed by atoms with E-state index in [1.807, 2.05) is 54.3 Å². The van der Waals surface area contributed by atoms with Crippen molar-refractivity contribution < 1.29 is 9.59 Å². The predicted octanol–water partition coefficient (Wildman–Crippen LogP) is 3.49. The number of carbonyl (C=O) groups is 2. The summed E-state index contributed by atoms with van der Waals surface area (Å²) in [5.41, 5.74) is 0.766. The first-order valence-electron chi connectivity index (χ1n) is 11.2. The molecule has 3 atom stereocenters. The smallest absolute Gasteiger partial charge is 0.254 e. The molecule has 2 fully saturated rings. The van der Waals surface area contributed by atoms with Gasteiger partial charge in [-0.05, 0) is 42.0 Å². The second-order valence-electron chi connectivity index (χ2n) is 9.22. The van der Waals surface area contributed by atoms with Gasteiger partial charge in [0.2, 0.25) is 5.91 Å². The van der Waals surface area contributed by atoms with Crippen LogP contribution in [0.3, 0.4) is 0 Å². The minimum Gasteiger partial charge on any atom is -0.341 e. The average Bonchev–Trinajstić information content (AvgIpc) is 2.76. The minimum absolute atomic E-state index is 0.0871. The lowest BCUT2D eigenvalue weighted by atomic mass is 9.91. The monoisotopic (exact) mass is 407 g/mol. The summed E-state index contributed by atoms with van der Waals surface area (Å²) in [6, 6.07) is 13.8. The van der Waals surface area contributed by atoms with E-state index in [0.29, 0.717) is 24.9 Å². The summed E-state index contributed by atoms with van der Waals surface area (Å²) in [5.74, 6) is 1.46. The van der Waals surface area contributed by atoms with Crippen molar-refractivity contribution in [1.82, 2.24) is 14.7 Å². The van der Waals surface area contributed by atoms with Crippen LogP contribution in [0.25, 0.3) is 10.8 Å². The quantitative estimate of drug-likeness (QED) is 0.782. The van der Waals surface area contributed by atoms with E-state index in [9.17, 15) is 9.59 Å². The van der Waals surface area contributed by atoms with E-state index < -0.39 is 0 Å². The standard InChI is InChI=1S/C25H33N3O2/c1-18-15-19(2)17-28(16-18)24(29)20(3)26-11-13-27(14-12-26)25(30)23-10-6-8-21-7-4-5-9-22(21)23/h4-10,18-20H,11-17H2,1-3H3. The number of likely N-dealkylation sites (tertiary alicyclic amines) is 1. The van der Waals surface area contributed by atoms with Gasteiger partial charge in [0.1, 0.15) is 0 Å². The summed E-state index contributed by atoms with van der Waals surface area (Å²) in [4.78, 5) is 32.5. The van der Waals surface area contributed by atoms with Crippen LogP contribution >= 0.6 is 0 Å². The van der Waals surface area contributed by atoms with Gasteiger partial charge < -0.3 is 9.80 Å². The number of rotatable bonds is 3. The Hall–Kier alpha value is -2.40. The highest BCUT2D eigenvalue weighted by molar-refractivity contribution is 6.07. The summed E-state index contributed by atoms with van der Waals surface area (Å²) < 4.78 is 0. The number of carbonyl (C=O) groups excluding carboxylic acids is 2. The fourth-order valence-electron chi connectivity index (χ4n) is 5.16. The third-order valence-electron chi connectivity index (χ3n) is 6.71. The van der Waals surface area contributed by atoms with Gasteiger partial charge in [-0.3, -0.25) is 14.5 Å². The van der Waals surface area contributed by atoms with Gasteiger partial charge in [-0.25, -0.2) is 0 Å². The van der Waals surface area contributed by atoms with Gasteiger partial charge in [0.15, 0.2) is 0 Å². The molecule has 160 valence electrons. The molecule has 0 bridgehead atoms. The van der Waals surface area contributed by atoms with Gasteiger partial charge >= 0.3 is 0 Å². The number of fused-ring (bicyclic) bond motifs is 1. The molecular weight excluding hydrogens is 374 g/mol. The molecule has 3 unspecified atom stereocenters. The van der Waals surface area contributed by atoms with Gasteiger partial charge in [-0.2, -0.15) is 0 Å². The molecule has 0 saturated carbocycles. The Labute approximate surface area is 179 Å². The zero-order chi connectivity index (χ0) is 21.3. The van der Waals surface area contributed by atoms with Crippen LogP contribution < -0.4 is 0 Å². The molecule has 5 heteroatoms. The first-order valence-corrected chi connectivity index (χ1v) is 11.2. The first-order chi connectivity index (χ1) is 14.4. The number of nitrogens with zero attached hydrogens (tertiary/aromatic N) is 3. The van der Waals surface area contributed by atoms with E-state index in [1.54, 1.807) is 0 Å². The number of amides is 2. The molecule has 2 aliphatic heterocycles. The Bertz CT molecular complexity index is 904. The molecule has 2 saturated heterocycles. The molecule has 2 aromatic rings. The molecule has 30 heavy (non-hydrogen) atoms. The van der Waals surface area contributed by atoms with Gasteiger partial charge in [0, 0.05) is 44.8 Å². The lowest BCUT2D eigenvalue weighted by Crippen LogP contribution is -2.56. The van der Waals surface area contributed by atoms with Crippen LogP contribution in [0.5, 0.6) is 0 Å². The highest BCUT2D eigenvalue weighted by Gasteiger charge is 2.33. The van der Waals surface area contributed by atoms with Crippen LogP contribution in [0, 0.1) is 11.8 Å². The van der Waals surface area contributed by atoms with Crippen molar-refractivity contribution >= 4 is 22.6 Å². The SMILES string of the molecule is CC1CC(C)CN(C(=O)C(C)N2CCN(C(=O)c3cccc4ccccc34)CC2)C1. The molecule has 5 nitrogen and oxygen atoms in total. The lowest BCUT2D eigenvalue weighted by Gasteiger charge is -2.41. The van der Waals surface area contributed by atoms with Crippen molar-refractivity contribution in [2.24, 2.45) is 11.8 Å². The Kier molecular flexibility index (Phi) is 6.09.